The molecule has 0 bridgehead atoms. The Morgan fingerprint density at radius 2 is 1.65 bits per heavy atom. The molecule has 0 spiro atoms. The largest absolute Gasteiger partial charge is 0.478 e. The second kappa shape index (κ2) is 8.81. The third-order valence-corrected chi connectivity index (χ3v) is 5.35. The number of hydrogen-bond donors (Lipinski definition) is 3. The zero-order chi connectivity index (χ0) is 21.8. The quantitative estimate of drug-likeness (QED) is 0.360. The number of thiazole rings is 1. The fourth-order valence-electron chi connectivity index (χ4n) is 2.98. The van der Waals surface area contributed by atoms with Gasteiger partial charge in [-0.3, -0.25) is 4.79 Å². The van der Waals surface area contributed by atoms with Gasteiger partial charge < -0.3 is 15.7 Å². The summed E-state index contributed by atoms with van der Waals surface area (Å²) in [6, 6.07) is 21.5. The molecule has 7 heteroatoms. The Balaban J connectivity index is 1.49. The first kappa shape index (κ1) is 20.3. The van der Waals surface area contributed by atoms with Gasteiger partial charge in [-0.1, -0.05) is 35.9 Å². The van der Waals surface area contributed by atoms with Gasteiger partial charge in [-0.05, 0) is 49.4 Å². The van der Waals surface area contributed by atoms with E-state index in [1.807, 2.05) is 48.7 Å². The van der Waals surface area contributed by atoms with Gasteiger partial charge in [-0.25, -0.2) is 9.78 Å². The van der Waals surface area contributed by atoms with Crippen molar-refractivity contribution in [3.8, 4) is 11.3 Å². The monoisotopic (exact) mass is 429 g/mol. The van der Waals surface area contributed by atoms with E-state index in [0.717, 1.165) is 16.8 Å². The first-order valence-corrected chi connectivity index (χ1v) is 10.4. The molecule has 4 aromatic rings. The van der Waals surface area contributed by atoms with Gasteiger partial charge in [0.25, 0.3) is 5.91 Å². The minimum atomic E-state index is -0.979. The summed E-state index contributed by atoms with van der Waals surface area (Å²) in [5, 5.41) is 17.7. The number of benzene rings is 3. The topological polar surface area (TPSA) is 91.3 Å². The lowest BCUT2D eigenvalue weighted by Crippen LogP contribution is -2.11. The predicted molar refractivity (Wildman–Crippen MR) is 123 cm³/mol. The highest BCUT2D eigenvalue weighted by Gasteiger charge is 2.10. The Bertz CT molecular complexity index is 1250. The van der Waals surface area contributed by atoms with E-state index in [1.165, 1.54) is 17.4 Å². The molecule has 4 rings (SSSR count). The van der Waals surface area contributed by atoms with E-state index in [4.69, 9.17) is 5.11 Å². The molecule has 1 heterocycles. The van der Waals surface area contributed by atoms with Gasteiger partial charge in [0.15, 0.2) is 5.13 Å². The Morgan fingerprint density at radius 3 is 2.42 bits per heavy atom. The first-order valence-electron chi connectivity index (χ1n) is 9.52. The lowest BCUT2D eigenvalue weighted by molar-refractivity contribution is 0.0696. The number of anilines is 3. The zero-order valence-electron chi connectivity index (χ0n) is 16.6. The van der Waals surface area contributed by atoms with E-state index in [9.17, 15) is 9.59 Å². The van der Waals surface area contributed by atoms with E-state index >= 15 is 0 Å². The number of nitrogens with one attached hydrogen (secondary N) is 2. The van der Waals surface area contributed by atoms with E-state index in [1.54, 1.807) is 30.3 Å². The molecule has 1 amide bonds. The molecule has 3 N–H and O–H groups in total. The van der Waals surface area contributed by atoms with E-state index < -0.39 is 5.97 Å². The maximum atomic E-state index is 12.5. The van der Waals surface area contributed by atoms with Crippen molar-refractivity contribution in [1.29, 1.82) is 0 Å². The number of carbonyl (C=O) groups excluding carboxylic acids is 1. The van der Waals surface area contributed by atoms with Crippen LogP contribution in [-0.4, -0.2) is 22.0 Å². The van der Waals surface area contributed by atoms with Crippen LogP contribution in [0.2, 0.25) is 0 Å². The van der Waals surface area contributed by atoms with E-state index in [0.29, 0.717) is 22.1 Å². The number of carboxylic acids is 1. The van der Waals surface area contributed by atoms with Gasteiger partial charge in [-0.15, -0.1) is 11.3 Å². The van der Waals surface area contributed by atoms with Crippen molar-refractivity contribution in [3.63, 3.8) is 0 Å². The summed E-state index contributed by atoms with van der Waals surface area (Å²) in [5.41, 5.74) is 4.86. The summed E-state index contributed by atoms with van der Waals surface area (Å²) in [7, 11) is 0. The maximum absolute atomic E-state index is 12.5. The molecule has 31 heavy (non-hydrogen) atoms. The molecule has 154 valence electrons. The molecule has 0 atom stereocenters. The van der Waals surface area contributed by atoms with Crippen molar-refractivity contribution in [3.05, 3.63) is 94.9 Å². The second-order valence-electron chi connectivity index (χ2n) is 6.95. The van der Waals surface area contributed by atoms with Crippen LogP contribution >= 0.6 is 11.3 Å². The Morgan fingerprint density at radius 1 is 0.903 bits per heavy atom. The smallest absolute Gasteiger partial charge is 0.335 e. The van der Waals surface area contributed by atoms with Crippen LogP contribution in [0.5, 0.6) is 0 Å². The summed E-state index contributed by atoms with van der Waals surface area (Å²) in [6.45, 7) is 1.98. The second-order valence-corrected chi connectivity index (χ2v) is 7.81. The maximum Gasteiger partial charge on any atom is 0.335 e. The number of aromatic carboxylic acids is 1. The summed E-state index contributed by atoms with van der Waals surface area (Å²) < 4.78 is 0. The van der Waals surface area contributed by atoms with Crippen LogP contribution < -0.4 is 10.6 Å². The minimum absolute atomic E-state index is 0.170. The fourth-order valence-corrected chi connectivity index (χ4v) is 3.72. The molecular formula is C24H19N3O3S. The van der Waals surface area contributed by atoms with Crippen molar-refractivity contribution < 1.29 is 14.7 Å². The highest BCUT2D eigenvalue weighted by Crippen LogP contribution is 2.29. The molecular weight excluding hydrogens is 410 g/mol. The normalized spacial score (nSPS) is 10.5. The number of hydrogen-bond acceptors (Lipinski definition) is 5. The summed E-state index contributed by atoms with van der Waals surface area (Å²) in [4.78, 5) is 28.2. The fraction of sp³-hybridized carbons (Fsp3) is 0.0417. The van der Waals surface area contributed by atoms with Crippen LogP contribution in [0.15, 0.2) is 78.2 Å². The van der Waals surface area contributed by atoms with Crippen molar-refractivity contribution >= 4 is 39.7 Å². The highest BCUT2D eigenvalue weighted by molar-refractivity contribution is 7.14. The summed E-state index contributed by atoms with van der Waals surface area (Å²) in [6.07, 6.45) is 0. The Kier molecular flexibility index (Phi) is 5.77. The lowest BCUT2D eigenvalue weighted by Gasteiger charge is -2.07. The summed E-state index contributed by atoms with van der Waals surface area (Å²) in [5.74, 6) is -1.15. The van der Waals surface area contributed by atoms with Crippen molar-refractivity contribution in [2.75, 3.05) is 10.6 Å². The molecule has 0 fully saturated rings. The number of aryl methyl sites for hydroxylation is 1. The SMILES string of the molecule is Cc1ccc(C(=O)Nc2cccc(-c3csc(Nc4cccc(C(=O)O)c4)n3)c2)cc1. The molecule has 0 radical (unpaired) electrons. The molecule has 0 saturated carbocycles. The number of amides is 1. The number of aromatic nitrogens is 1. The molecule has 0 aliphatic carbocycles. The van der Waals surface area contributed by atoms with Crippen molar-refractivity contribution in [2.45, 2.75) is 6.92 Å². The molecule has 6 nitrogen and oxygen atoms in total. The number of carbonyl (C=O) groups is 2. The van der Waals surface area contributed by atoms with Crippen molar-refractivity contribution in [1.82, 2.24) is 4.98 Å². The van der Waals surface area contributed by atoms with E-state index in [2.05, 4.69) is 15.6 Å². The zero-order valence-corrected chi connectivity index (χ0v) is 17.4. The Labute approximate surface area is 183 Å². The third kappa shape index (κ3) is 4.96. The van der Waals surface area contributed by atoms with Crippen LogP contribution in [0.3, 0.4) is 0 Å². The average molecular weight is 430 g/mol. The number of nitrogens with zero attached hydrogens (tertiary/aromatic N) is 1. The molecule has 0 unspecified atom stereocenters. The van der Waals surface area contributed by atoms with Gasteiger partial charge in [-0.2, -0.15) is 0 Å². The predicted octanol–water partition coefficient (Wildman–Crippen LogP) is 5.81. The molecule has 3 aromatic carbocycles. The molecule has 1 aromatic heterocycles. The highest BCUT2D eigenvalue weighted by atomic mass is 32.1. The number of carboxylic acid groups (broad SMARTS) is 1. The van der Waals surface area contributed by atoms with Crippen LogP contribution in [0.1, 0.15) is 26.3 Å². The minimum Gasteiger partial charge on any atom is -0.478 e. The van der Waals surface area contributed by atoms with E-state index in [-0.39, 0.29) is 11.5 Å². The van der Waals surface area contributed by atoms with Gasteiger partial charge in [0, 0.05) is 27.9 Å². The standard InChI is InChI=1S/C24H19N3O3S/c1-15-8-10-16(11-9-15)22(28)25-19-6-2-4-17(12-19)21-14-31-24(27-21)26-20-7-3-5-18(13-20)23(29)30/h2-14H,1H3,(H,25,28)(H,26,27)(H,29,30). The lowest BCUT2D eigenvalue weighted by atomic mass is 10.1. The van der Waals surface area contributed by atoms with Gasteiger partial charge in [0.05, 0.1) is 11.3 Å². The van der Waals surface area contributed by atoms with Crippen LogP contribution in [-0.2, 0) is 0 Å². The van der Waals surface area contributed by atoms with Gasteiger partial charge in [0.2, 0.25) is 0 Å². The van der Waals surface area contributed by atoms with Gasteiger partial charge in [0.1, 0.15) is 0 Å². The molecule has 0 saturated heterocycles. The van der Waals surface area contributed by atoms with Crippen LogP contribution in [0.4, 0.5) is 16.5 Å². The van der Waals surface area contributed by atoms with Crippen LogP contribution in [0.25, 0.3) is 11.3 Å². The Hall–Kier alpha value is -3.97. The first-order chi connectivity index (χ1) is 15.0. The number of rotatable bonds is 6. The molecule has 0 aliphatic rings. The van der Waals surface area contributed by atoms with Crippen LogP contribution in [0, 0.1) is 6.92 Å². The summed E-state index contributed by atoms with van der Waals surface area (Å²) >= 11 is 1.41. The van der Waals surface area contributed by atoms with Gasteiger partial charge >= 0.3 is 5.97 Å². The average Bonchev–Trinajstić information content (AvgIpc) is 3.23. The third-order valence-electron chi connectivity index (χ3n) is 4.59. The van der Waals surface area contributed by atoms with Crippen molar-refractivity contribution in [2.24, 2.45) is 0 Å². The molecule has 0 aliphatic heterocycles.